The molecule has 0 atom stereocenters. The van der Waals surface area contributed by atoms with Crippen LogP contribution in [0.25, 0.3) is 0 Å². The Bertz CT molecular complexity index is 495. The summed E-state index contributed by atoms with van der Waals surface area (Å²) in [7, 11) is 0. The van der Waals surface area contributed by atoms with Gasteiger partial charge in [0.1, 0.15) is 0 Å². The van der Waals surface area contributed by atoms with Gasteiger partial charge in [0.2, 0.25) is 5.75 Å². The lowest BCUT2D eigenvalue weighted by atomic mass is 10.1. The molecular formula is C13H16N2O4. The van der Waals surface area contributed by atoms with Gasteiger partial charge in [0.05, 0.1) is 17.1 Å². The van der Waals surface area contributed by atoms with Crippen LogP contribution in [0.2, 0.25) is 0 Å². The minimum absolute atomic E-state index is 0.0758. The SMILES string of the molecule is CCOc1c(C(=O)N2CCCC2)cccc1[N+](=O)[O-]. The number of carbonyl (C=O) groups is 1. The molecule has 1 amide bonds. The van der Waals surface area contributed by atoms with E-state index in [1.54, 1.807) is 17.9 Å². The Hall–Kier alpha value is -2.11. The predicted octanol–water partition coefficient (Wildman–Crippen LogP) is 2.23. The molecule has 102 valence electrons. The van der Waals surface area contributed by atoms with Crippen LogP contribution in [0.3, 0.4) is 0 Å². The van der Waals surface area contributed by atoms with Gasteiger partial charge in [-0.15, -0.1) is 0 Å². The van der Waals surface area contributed by atoms with Crippen LogP contribution in [0, 0.1) is 10.1 Å². The van der Waals surface area contributed by atoms with E-state index < -0.39 is 4.92 Å². The number of amides is 1. The van der Waals surface area contributed by atoms with Crippen molar-refractivity contribution in [1.29, 1.82) is 0 Å². The predicted molar refractivity (Wildman–Crippen MR) is 69.4 cm³/mol. The number of likely N-dealkylation sites (tertiary alicyclic amines) is 1. The van der Waals surface area contributed by atoms with Crippen molar-refractivity contribution in [2.75, 3.05) is 19.7 Å². The van der Waals surface area contributed by atoms with Crippen molar-refractivity contribution in [3.05, 3.63) is 33.9 Å². The number of nitro benzene ring substituents is 1. The Morgan fingerprint density at radius 1 is 1.42 bits per heavy atom. The van der Waals surface area contributed by atoms with Gasteiger partial charge in [-0.3, -0.25) is 14.9 Å². The number of ether oxygens (including phenoxy) is 1. The molecular weight excluding hydrogens is 248 g/mol. The summed E-state index contributed by atoms with van der Waals surface area (Å²) in [4.78, 5) is 24.5. The normalized spacial score (nSPS) is 14.5. The van der Waals surface area contributed by atoms with Crippen LogP contribution in [0.4, 0.5) is 5.69 Å². The maximum absolute atomic E-state index is 12.3. The Morgan fingerprint density at radius 2 is 2.11 bits per heavy atom. The van der Waals surface area contributed by atoms with Crippen LogP contribution in [0.5, 0.6) is 5.75 Å². The average Bonchev–Trinajstić information content (AvgIpc) is 2.92. The number of benzene rings is 1. The van der Waals surface area contributed by atoms with E-state index >= 15 is 0 Å². The molecule has 0 aliphatic carbocycles. The molecule has 1 aliphatic rings. The van der Waals surface area contributed by atoms with Gasteiger partial charge in [0.15, 0.2) is 0 Å². The van der Waals surface area contributed by atoms with Gasteiger partial charge >= 0.3 is 5.69 Å². The number of para-hydroxylation sites is 1. The molecule has 0 spiro atoms. The molecule has 0 unspecified atom stereocenters. The van der Waals surface area contributed by atoms with E-state index in [1.165, 1.54) is 12.1 Å². The molecule has 0 bridgehead atoms. The smallest absolute Gasteiger partial charge is 0.311 e. The molecule has 6 nitrogen and oxygen atoms in total. The number of rotatable bonds is 4. The fraction of sp³-hybridized carbons (Fsp3) is 0.462. The number of nitro groups is 1. The summed E-state index contributed by atoms with van der Waals surface area (Å²) in [5.41, 5.74) is 0.116. The van der Waals surface area contributed by atoms with Crippen molar-refractivity contribution in [1.82, 2.24) is 4.90 Å². The van der Waals surface area contributed by atoms with E-state index in [0.29, 0.717) is 13.1 Å². The van der Waals surface area contributed by atoms with Crippen molar-refractivity contribution >= 4 is 11.6 Å². The first-order chi connectivity index (χ1) is 9.15. The van der Waals surface area contributed by atoms with Crippen molar-refractivity contribution in [3.63, 3.8) is 0 Å². The monoisotopic (exact) mass is 264 g/mol. The maximum Gasteiger partial charge on any atom is 0.311 e. The summed E-state index contributed by atoms with van der Waals surface area (Å²) in [6, 6.07) is 4.45. The quantitative estimate of drug-likeness (QED) is 0.617. The van der Waals surface area contributed by atoms with Crippen LogP contribution in [-0.2, 0) is 0 Å². The second-order valence-electron chi connectivity index (χ2n) is 4.34. The molecule has 0 radical (unpaired) electrons. The summed E-state index contributed by atoms with van der Waals surface area (Å²) in [6.45, 7) is 3.42. The van der Waals surface area contributed by atoms with E-state index in [0.717, 1.165) is 12.8 Å². The van der Waals surface area contributed by atoms with Crippen molar-refractivity contribution in [3.8, 4) is 5.75 Å². The van der Waals surface area contributed by atoms with E-state index in [4.69, 9.17) is 4.74 Å². The molecule has 1 fully saturated rings. The largest absolute Gasteiger partial charge is 0.487 e. The second kappa shape index (κ2) is 5.69. The van der Waals surface area contributed by atoms with Crippen molar-refractivity contribution < 1.29 is 14.5 Å². The third kappa shape index (κ3) is 2.67. The van der Waals surface area contributed by atoms with Crippen LogP contribution in [0.15, 0.2) is 18.2 Å². The topological polar surface area (TPSA) is 72.7 Å². The maximum atomic E-state index is 12.3. The highest BCUT2D eigenvalue weighted by molar-refractivity contribution is 5.98. The Labute approximate surface area is 111 Å². The standard InChI is InChI=1S/C13H16N2O4/c1-2-19-12-10(6-5-7-11(12)15(17)18)13(16)14-8-3-4-9-14/h5-7H,2-4,8-9H2,1H3. The van der Waals surface area contributed by atoms with Gasteiger partial charge in [-0.1, -0.05) is 6.07 Å². The fourth-order valence-electron chi connectivity index (χ4n) is 2.22. The van der Waals surface area contributed by atoms with Crippen LogP contribution < -0.4 is 4.74 Å². The van der Waals surface area contributed by atoms with Crippen molar-refractivity contribution in [2.24, 2.45) is 0 Å². The lowest BCUT2D eigenvalue weighted by molar-refractivity contribution is -0.385. The van der Waals surface area contributed by atoms with E-state index in [2.05, 4.69) is 0 Å². The lowest BCUT2D eigenvalue weighted by Crippen LogP contribution is -2.28. The summed E-state index contributed by atoms with van der Waals surface area (Å²) in [6.07, 6.45) is 1.95. The third-order valence-electron chi connectivity index (χ3n) is 3.10. The zero-order chi connectivity index (χ0) is 13.8. The molecule has 19 heavy (non-hydrogen) atoms. The summed E-state index contributed by atoms with van der Waals surface area (Å²) in [5.74, 6) is -0.114. The Morgan fingerprint density at radius 3 is 2.68 bits per heavy atom. The zero-order valence-corrected chi connectivity index (χ0v) is 10.8. The molecule has 1 aliphatic heterocycles. The van der Waals surface area contributed by atoms with E-state index in [-0.39, 0.29) is 29.5 Å². The molecule has 0 aromatic heterocycles. The molecule has 6 heteroatoms. The van der Waals surface area contributed by atoms with Gasteiger partial charge in [0.25, 0.3) is 5.91 Å². The highest BCUT2D eigenvalue weighted by Crippen LogP contribution is 2.32. The number of hydrogen-bond acceptors (Lipinski definition) is 4. The van der Waals surface area contributed by atoms with Gasteiger partial charge < -0.3 is 9.64 Å². The lowest BCUT2D eigenvalue weighted by Gasteiger charge is -2.17. The highest BCUT2D eigenvalue weighted by Gasteiger charge is 2.27. The molecule has 1 aromatic carbocycles. The molecule has 1 aromatic rings. The third-order valence-corrected chi connectivity index (χ3v) is 3.10. The zero-order valence-electron chi connectivity index (χ0n) is 10.8. The number of hydrogen-bond donors (Lipinski definition) is 0. The van der Waals surface area contributed by atoms with Crippen LogP contribution in [-0.4, -0.2) is 35.4 Å². The van der Waals surface area contributed by atoms with Crippen molar-refractivity contribution in [2.45, 2.75) is 19.8 Å². The average molecular weight is 264 g/mol. The van der Waals surface area contributed by atoms with Gasteiger partial charge in [-0.25, -0.2) is 0 Å². The number of nitrogens with zero attached hydrogens (tertiary/aromatic N) is 2. The van der Waals surface area contributed by atoms with Crippen LogP contribution >= 0.6 is 0 Å². The van der Waals surface area contributed by atoms with Gasteiger partial charge in [-0.2, -0.15) is 0 Å². The van der Waals surface area contributed by atoms with Gasteiger partial charge in [0, 0.05) is 19.2 Å². The van der Waals surface area contributed by atoms with E-state index in [1.807, 2.05) is 0 Å². The Kier molecular flexibility index (Phi) is 3.99. The first kappa shape index (κ1) is 13.3. The molecule has 2 rings (SSSR count). The Balaban J connectivity index is 2.40. The first-order valence-corrected chi connectivity index (χ1v) is 6.34. The fourth-order valence-corrected chi connectivity index (χ4v) is 2.22. The summed E-state index contributed by atoms with van der Waals surface area (Å²) < 4.78 is 5.32. The summed E-state index contributed by atoms with van der Waals surface area (Å²) >= 11 is 0. The highest BCUT2D eigenvalue weighted by atomic mass is 16.6. The second-order valence-corrected chi connectivity index (χ2v) is 4.34. The first-order valence-electron chi connectivity index (χ1n) is 6.34. The minimum Gasteiger partial charge on any atom is -0.487 e. The minimum atomic E-state index is -0.522. The van der Waals surface area contributed by atoms with Crippen LogP contribution in [0.1, 0.15) is 30.1 Å². The molecule has 0 saturated carbocycles. The molecule has 1 saturated heterocycles. The van der Waals surface area contributed by atoms with E-state index in [9.17, 15) is 14.9 Å². The summed E-state index contributed by atoms with van der Waals surface area (Å²) in [5, 5.41) is 11.0. The number of carbonyl (C=O) groups excluding carboxylic acids is 1. The van der Waals surface area contributed by atoms with Gasteiger partial charge in [-0.05, 0) is 25.8 Å². The molecule has 0 N–H and O–H groups in total. The molecule has 1 heterocycles.